The molecule has 2 aliphatic rings. The molecule has 0 radical (unpaired) electrons. The first kappa shape index (κ1) is 22.3. The SMILES string of the molecule is CC(C)Cn1nc(C(=O)N2CCOCC2)c2c1CC[C@H](NCCc1ccc(Cl)cc1)C2. The molecule has 1 atom stereocenters. The molecule has 6 nitrogen and oxygen atoms in total. The van der Waals surface area contributed by atoms with E-state index in [1.54, 1.807) is 0 Å². The summed E-state index contributed by atoms with van der Waals surface area (Å²) >= 11 is 5.98. The zero-order valence-corrected chi connectivity index (χ0v) is 19.3. The number of hydrogen-bond acceptors (Lipinski definition) is 4. The van der Waals surface area contributed by atoms with E-state index in [4.69, 9.17) is 21.4 Å². The normalized spacial score (nSPS) is 19.0. The third kappa shape index (κ3) is 5.48. The van der Waals surface area contributed by atoms with Crippen molar-refractivity contribution in [3.8, 4) is 0 Å². The van der Waals surface area contributed by atoms with E-state index in [0.717, 1.165) is 49.4 Å². The van der Waals surface area contributed by atoms with Gasteiger partial charge in [-0.05, 0) is 55.8 Å². The molecule has 1 aliphatic heterocycles. The fourth-order valence-corrected chi connectivity index (χ4v) is 4.64. The molecule has 0 bridgehead atoms. The number of morpholine rings is 1. The highest BCUT2D eigenvalue weighted by Gasteiger charge is 2.31. The Morgan fingerprint density at radius 3 is 2.71 bits per heavy atom. The lowest BCUT2D eigenvalue weighted by Crippen LogP contribution is -2.42. The summed E-state index contributed by atoms with van der Waals surface area (Å²) in [5.41, 5.74) is 4.33. The Kier molecular flexibility index (Phi) is 7.31. The number of hydrogen-bond donors (Lipinski definition) is 1. The highest BCUT2D eigenvalue weighted by atomic mass is 35.5. The predicted octanol–water partition coefficient (Wildman–Crippen LogP) is 3.35. The summed E-state index contributed by atoms with van der Waals surface area (Å²) in [4.78, 5) is 15.2. The average Bonchev–Trinajstić information content (AvgIpc) is 3.12. The van der Waals surface area contributed by atoms with Crippen molar-refractivity contribution in [3.63, 3.8) is 0 Å². The molecule has 2 heterocycles. The van der Waals surface area contributed by atoms with Gasteiger partial charge in [0.2, 0.25) is 0 Å². The first-order valence-corrected chi connectivity index (χ1v) is 11.8. The molecule has 1 fully saturated rings. The van der Waals surface area contributed by atoms with Crippen LogP contribution < -0.4 is 5.32 Å². The number of carbonyl (C=O) groups is 1. The first-order chi connectivity index (χ1) is 15.0. The molecule has 0 saturated carbocycles. The maximum absolute atomic E-state index is 13.3. The van der Waals surface area contributed by atoms with Gasteiger partial charge >= 0.3 is 0 Å². The van der Waals surface area contributed by atoms with Crippen LogP contribution in [0.3, 0.4) is 0 Å². The van der Waals surface area contributed by atoms with E-state index in [1.807, 2.05) is 17.0 Å². The average molecular weight is 445 g/mol. The summed E-state index contributed by atoms with van der Waals surface area (Å²) < 4.78 is 7.52. The van der Waals surface area contributed by atoms with Crippen LogP contribution in [0.4, 0.5) is 0 Å². The predicted molar refractivity (Wildman–Crippen MR) is 123 cm³/mol. The van der Waals surface area contributed by atoms with Crippen LogP contribution in [0.2, 0.25) is 5.02 Å². The van der Waals surface area contributed by atoms with E-state index in [-0.39, 0.29) is 5.91 Å². The van der Waals surface area contributed by atoms with Crippen molar-refractivity contribution >= 4 is 17.5 Å². The van der Waals surface area contributed by atoms with Gasteiger partial charge in [-0.1, -0.05) is 37.6 Å². The summed E-state index contributed by atoms with van der Waals surface area (Å²) in [7, 11) is 0. The van der Waals surface area contributed by atoms with Crippen molar-refractivity contribution in [2.24, 2.45) is 5.92 Å². The molecule has 7 heteroatoms. The number of aromatic nitrogens is 2. The molecule has 168 valence electrons. The van der Waals surface area contributed by atoms with Crippen LogP contribution in [0, 0.1) is 5.92 Å². The lowest BCUT2D eigenvalue weighted by atomic mass is 9.90. The number of carbonyl (C=O) groups excluding carboxylic acids is 1. The van der Waals surface area contributed by atoms with Gasteiger partial charge in [0.1, 0.15) is 0 Å². The lowest BCUT2D eigenvalue weighted by Gasteiger charge is -2.28. The Bertz CT molecular complexity index is 888. The maximum atomic E-state index is 13.3. The number of rotatable bonds is 7. The van der Waals surface area contributed by atoms with Gasteiger partial charge in [0.15, 0.2) is 5.69 Å². The molecule has 1 aromatic carbocycles. The molecule has 1 amide bonds. The van der Waals surface area contributed by atoms with Crippen LogP contribution in [0.25, 0.3) is 0 Å². The monoisotopic (exact) mass is 444 g/mol. The van der Waals surface area contributed by atoms with Crippen molar-refractivity contribution in [2.75, 3.05) is 32.8 Å². The van der Waals surface area contributed by atoms with Gasteiger partial charge in [0, 0.05) is 42.0 Å². The van der Waals surface area contributed by atoms with E-state index in [1.165, 1.54) is 11.3 Å². The second-order valence-electron chi connectivity index (χ2n) is 9.02. The standard InChI is InChI=1S/C24H33ClN4O2/c1-17(2)16-29-22-8-7-20(26-10-9-18-3-5-19(25)6-4-18)15-21(22)23(27-29)24(30)28-11-13-31-14-12-28/h3-6,17,20,26H,7-16H2,1-2H3/t20-/m0/s1. The summed E-state index contributed by atoms with van der Waals surface area (Å²) in [5, 5.41) is 9.30. The Morgan fingerprint density at radius 1 is 1.26 bits per heavy atom. The first-order valence-electron chi connectivity index (χ1n) is 11.4. The summed E-state index contributed by atoms with van der Waals surface area (Å²) in [6.45, 7) is 8.66. The molecule has 2 aromatic rings. The minimum Gasteiger partial charge on any atom is -0.378 e. The molecule has 1 N–H and O–H groups in total. The van der Waals surface area contributed by atoms with Crippen LogP contribution in [-0.4, -0.2) is 59.5 Å². The highest BCUT2D eigenvalue weighted by Crippen LogP contribution is 2.27. The fourth-order valence-electron chi connectivity index (χ4n) is 4.52. The minimum atomic E-state index is 0.0591. The number of amides is 1. The van der Waals surface area contributed by atoms with Gasteiger partial charge in [0.05, 0.1) is 13.2 Å². The molecule has 0 unspecified atom stereocenters. The van der Waals surface area contributed by atoms with Gasteiger partial charge in [-0.25, -0.2) is 0 Å². The van der Waals surface area contributed by atoms with Crippen molar-refractivity contribution in [1.82, 2.24) is 20.0 Å². The van der Waals surface area contributed by atoms with Crippen LogP contribution in [0.1, 0.15) is 47.6 Å². The summed E-state index contributed by atoms with van der Waals surface area (Å²) in [6, 6.07) is 8.41. The van der Waals surface area contributed by atoms with Crippen LogP contribution in [0.5, 0.6) is 0 Å². The topological polar surface area (TPSA) is 59.4 Å². The molecule has 31 heavy (non-hydrogen) atoms. The van der Waals surface area contributed by atoms with Gasteiger partial charge in [-0.15, -0.1) is 0 Å². The number of ether oxygens (including phenoxy) is 1. The third-order valence-electron chi connectivity index (χ3n) is 6.15. The largest absolute Gasteiger partial charge is 0.378 e. The van der Waals surface area contributed by atoms with Crippen LogP contribution in [0.15, 0.2) is 24.3 Å². The number of benzene rings is 1. The van der Waals surface area contributed by atoms with E-state index >= 15 is 0 Å². The molecule has 1 saturated heterocycles. The zero-order chi connectivity index (χ0) is 21.8. The Labute approximate surface area is 189 Å². The number of fused-ring (bicyclic) bond motifs is 1. The molecule has 1 aliphatic carbocycles. The Hall–Kier alpha value is -1.89. The van der Waals surface area contributed by atoms with Gasteiger partial charge in [-0.2, -0.15) is 5.10 Å². The van der Waals surface area contributed by atoms with Crippen LogP contribution in [-0.2, 0) is 30.5 Å². The van der Waals surface area contributed by atoms with Gasteiger partial charge in [-0.3, -0.25) is 9.48 Å². The van der Waals surface area contributed by atoms with E-state index in [0.29, 0.717) is 44.0 Å². The van der Waals surface area contributed by atoms with Crippen molar-refractivity contribution in [2.45, 2.75) is 52.1 Å². The number of halogens is 1. The molecule has 0 spiro atoms. The maximum Gasteiger partial charge on any atom is 0.274 e. The van der Waals surface area contributed by atoms with Crippen LogP contribution >= 0.6 is 11.6 Å². The number of nitrogens with one attached hydrogen (secondary N) is 1. The quantitative estimate of drug-likeness (QED) is 0.711. The van der Waals surface area contributed by atoms with Crippen molar-refractivity contribution in [3.05, 3.63) is 51.8 Å². The third-order valence-corrected chi connectivity index (χ3v) is 6.40. The summed E-state index contributed by atoms with van der Waals surface area (Å²) in [6.07, 6.45) is 3.86. The molecular weight excluding hydrogens is 412 g/mol. The molecule has 4 rings (SSSR count). The fraction of sp³-hybridized carbons (Fsp3) is 0.583. The highest BCUT2D eigenvalue weighted by molar-refractivity contribution is 6.30. The Morgan fingerprint density at radius 2 is 2.00 bits per heavy atom. The van der Waals surface area contributed by atoms with E-state index < -0.39 is 0 Å². The number of nitrogens with zero attached hydrogens (tertiary/aromatic N) is 3. The molecule has 1 aromatic heterocycles. The van der Waals surface area contributed by atoms with Crippen molar-refractivity contribution < 1.29 is 9.53 Å². The van der Waals surface area contributed by atoms with E-state index in [9.17, 15) is 4.79 Å². The second-order valence-corrected chi connectivity index (χ2v) is 9.46. The zero-order valence-electron chi connectivity index (χ0n) is 18.6. The van der Waals surface area contributed by atoms with Gasteiger partial charge in [0.25, 0.3) is 5.91 Å². The lowest BCUT2D eigenvalue weighted by molar-refractivity contribution is 0.0297. The molecular formula is C24H33ClN4O2. The Balaban J connectivity index is 1.46. The summed E-state index contributed by atoms with van der Waals surface area (Å²) in [5.74, 6) is 0.550. The second kappa shape index (κ2) is 10.2. The van der Waals surface area contributed by atoms with Crippen molar-refractivity contribution in [1.29, 1.82) is 0 Å². The minimum absolute atomic E-state index is 0.0591. The smallest absolute Gasteiger partial charge is 0.274 e. The van der Waals surface area contributed by atoms with Gasteiger partial charge < -0.3 is 15.0 Å². The van der Waals surface area contributed by atoms with E-state index in [2.05, 4.69) is 36.0 Å².